The van der Waals surface area contributed by atoms with Gasteiger partial charge in [-0.3, -0.25) is 0 Å². The summed E-state index contributed by atoms with van der Waals surface area (Å²) >= 11 is 0. The maximum absolute atomic E-state index is 9.78. The lowest BCUT2D eigenvalue weighted by Gasteiger charge is -2.23. The first-order valence-corrected chi connectivity index (χ1v) is 11.2. The maximum Gasteiger partial charge on any atom is 0.135 e. The Hall–Kier alpha value is -4.88. The Kier molecular flexibility index (Phi) is 1.60. The van der Waals surface area contributed by atoms with Gasteiger partial charge in [0.15, 0.2) is 0 Å². The van der Waals surface area contributed by atoms with E-state index < -0.39 is 160 Å². The number of ether oxygens (including phenoxy) is 1. The highest BCUT2D eigenvalue weighted by atomic mass is 16.5. The molecule has 0 unspecified atom stereocenters. The highest BCUT2D eigenvalue weighted by Crippen LogP contribution is 2.54. The molecule has 0 amide bonds. The van der Waals surface area contributed by atoms with Crippen molar-refractivity contribution in [1.82, 2.24) is 0 Å². The number of rotatable bonds is 1. The summed E-state index contributed by atoms with van der Waals surface area (Å²) < 4.78 is 184. The normalized spacial score (nSPS) is 20.1. The summed E-state index contributed by atoms with van der Waals surface area (Å²) in [5, 5.41) is -2.04. The van der Waals surface area contributed by atoms with Gasteiger partial charge in [0.1, 0.15) is 11.5 Å². The van der Waals surface area contributed by atoms with Crippen molar-refractivity contribution in [3.8, 4) is 56.0 Å². The van der Waals surface area contributed by atoms with Gasteiger partial charge in [-0.1, -0.05) is 96.7 Å². The summed E-state index contributed by atoms with van der Waals surface area (Å²) in [5.41, 5.74) is -2.94. The van der Waals surface area contributed by atoms with Gasteiger partial charge in [-0.25, -0.2) is 0 Å². The molecule has 2 aliphatic rings. The molecular weight excluding hydrogens is 448 g/mol. The van der Waals surface area contributed by atoms with Crippen LogP contribution in [0.4, 0.5) is 0 Å². The molecule has 0 atom stereocenters. The summed E-state index contributed by atoms with van der Waals surface area (Å²) in [4.78, 5) is 0. The fraction of sp³-hybridized carbons (Fsp3) is 0. The lowest BCUT2D eigenvalue weighted by Crippen LogP contribution is -1.97. The monoisotopic (exact) mass is 488 g/mol. The number of benzene rings is 7. The number of fused-ring (bicyclic) bond motifs is 6. The Morgan fingerprint density at radius 1 is 0.432 bits per heavy atom. The molecule has 0 bridgehead atoms. The molecule has 0 fully saturated rings. The van der Waals surface area contributed by atoms with Crippen LogP contribution >= 0.6 is 0 Å². The van der Waals surface area contributed by atoms with Crippen LogP contribution in [0.3, 0.4) is 0 Å². The smallest absolute Gasteiger partial charge is 0.135 e. The second-order valence-corrected chi connectivity index (χ2v) is 8.51. The fourth-order valence-electron chi connectivity index (χ4n) is 5.14. The van der Waals surface area contributed by atoms with Crippen LogP contribution in [0.25, 0.3) is 76.8 Å². The predicted molar refractivity (Wildman–Crippen MR) is 154 cm³/mol. The summed E-state index contributed by atoms with van der Waals surface area (Å²) in [6, 6.07) is -14.2. The minimum atomic E-state index is -0.827. The maximum atomic E-state index is 9.78. The van der Waals surface area contributed by atoms with Crippen molar-refractivity contribution in [3.63, 3.8) is 0 Å². The van der Waals surface area contributed by atoms with Crippen LogP contribution in [0, 0.1) is 0 Å². The molecule has 1 heterocycles. The van der Waals surface area contributed by atoms with Crippen molar-refractivity contribution >= 4 is 32.3 Å². The lowest BCUT2D eigenvalue weighted by molar-refractivity contribution is 0.487. The average Bonchev–Trinajstić information content (AvgIpc) is 3.53. The molecule has 1 aliphatic carbocycles. The molecule has 7 aromatic carbocycles. The van der Waals surface area contributed by atoms with Gasteiger partial charge < -0.3 is 4.74 Å². The van der Waals surface area contributed by atoms with Gasteiger partial charge in [-0.05, 0) is 90.0 Å². The molecule has 0 spiro atoms. The van der Waals surface area contributed by atoms with Crippen molar-refractivity contribution in [2.24, 2.45) is 0 Å². The topological polar surface area (TPSA) is 9.23 Å². The van der Waals surface area contributed by atoms with E-state index in [0.29, 0.717) is 0 Å². The first kappa shape index (κ1) is 8.61. The van der Waals surface area contributed by atoms with Crippen LogP contribution in [0.2, 0.25) is 0 Å². The van der Waals surface area contributed by atoms with E-state index in [2.05, 4.69) is 0 Å². The molecule has 0 saturated heterocycles. The molecule has 7 aromatic rings. The second-order valence-electron chi connectivity index (χ2n) is 8.51. The zero-order chi connectivity index (χ0) is 41.5. The number of hydrogen-bond donors (Lipinski definition) is 0. The van der Waals surface area contributed by atoms with E-state index >= 15 is 0 Å². The molecule has 170 valence electrons. The van der Waals surface area contributed by atoms with E-state index in [0.717, 1.165) is 0 Å². The molecule has 0 aromatic heterocycles. The van der Waals surface area contributed by atoms with Crippen molar-refractivity contribution in [1.29, 1.82) is 0 Å². The van der Waals surface area contributed by atoms with Gasteiger partial charge in [0.25, 0.3) is 0 Å². The predicted octanol–water partition coefficient (Wildman–Crippen LogP) is 10.2. The molecule has 0 N–H and O–H groups in total. The molecule has 1 nitrogen and oxygen atoms in total. The Labute approximate surface area is 242 Å². The minimum Gasteiger partial charge on any atom is -0.456 e. The van der Waals surface area contributed by atoms with E-state index in [1.165, 1.54) is 0 Å². The fourth-order valence-corrected chi connectivity index (χ4v) is 5.14. The van der Waals surface area contributed by atoms with E-state index in [1.807, 2.05) is 0 Å². The van der Waals surface area contributed by atoms with Crippen molar-refractivity contribution in [2.75, 3.05) is 0 Å². The summed E-state index contributed by atoms with van der Waals surface area (Å²) in [6.07, 6.45) is 0. The number of hydrogen-bond acceptors (Lipinski definition) is 1. The van der Waals surface area contributed by atoms with E-state index in [1.54, 1.807) is 0 Å². The SMILES string of the molecule is [2H]c1c([2H])c(-c2c3c(c([2H])c4c([2H])c([2H])c([2H])c([2H])c24)-c2c([2H])c([2H])c([2H])c4c([2H])c([2H])c([2H])c-3c24)c([2H])c2c1Oc1c([2H])c([2H])c([2H])c3c([2H])c([2H])c([2H])c-2c13. The molecule has 1 heteroatoms. The molecule has 0 saturated carbocycles. The standard InChI is InChI=1S/C36H20O/c1-2-12-25-23(7-1)19-30-27-14-3-8-21-9-5-15-28(33(21)27)36(30)35(25)24-17-18-31-29(20-24)26-13-4-10-22-11-6-16-32(37-31)34(22)26/h1-20H/i1D,2D,3D,4D,5D,6D,7D,8D,9D,10D,11D,12D,13D,14D,15D,16D,17D,18D,19D,20D. The van der Waals surface area contributed by atoms with Gasteiger partial charge in [0, 0.05) is 10.9 Å². The second kappa shape index (κ2) is 6.87. The van der Waals surface area contributed by atoms with Crippen LogP contribution in [0.15, 0.2) is 121 Å². The Balaban J connectivity index is 1.60. The minimum absolute atomic E-state index is 0.168. The Morgan fingerprint density at radius 3 is 1.95 bits per heavy atom. The Morgan fingerprint density at radius 2 is 1.11 bits per heavy atom. The third kappa shape index (κ3) is 2.48. The summed E-state index contributed by atoms with van der Waals surface area (Å²) in [5.74, 6) is -1.02. The van der Waals surface area contributed by atoms with Crippen LogP contribution < -0.4 is 4.74 Å². The van der Waals surface area contributed by atoms with Crippen LogP contribution in [0.1, 0.15) is 27.4 Å². The highest BCUT2D eigenvalue weighted by molar-refractivity contribution is 6.22. The molecule has 0 radical (unpaired) electrons. The van der Waals surface area contributed by atoms with Gasteiger partial charge in [-0.2, -0.15) is 0 Å². The zero-order valence-electron chi connectivity index (χ0n) is 38.4. The average molecular weight is 489 g/mol. The van der Waals surface area contributed by atoms with Gasteiger partial charge in [0.05, 0.1) is 27.4 Å². The quantitative estimate of drug-likeness (QED) is 0.223. The Bertz CT molecular complexity index is 3190. The van der Waals surface area contributed by atoms with Gasteiger partial charge >= 0.3 is 0 Å². The largest absolute Gasteiger partial charge is 0.456 e. The summed E-state index contributed by atoms with van der Waals surface area (Å²) in [7, 11) is 0. The van der Waals surface area contributed by atoms with Gasteiger partial charge in [-0.15, -0.1) is 0 Å². The molecule has 37 heavy (non-hydrogen) atoms. The van der Waals surface area contributed by atoms with Gasteiger partial charge in [0.2, 0.25) is 0 Å². The summed E-state index contributed by atoms with van der Waals surface area (Å²) in [6.45, 7) is 0. The van der Waals surface area contributed by atoms with Crippen LogP contribution in [-0.2, 0) is 0 Å². The first-order chi connectivity index (χ1) is 26.7. The molecular formula is C36H20O. The molecule has 1 aliphatic heterocycles. The third-order valence-electron chi connectivity index (χ3n) is 6.64. The van der Waals surface area contributed by atoms with Crippen LogP contribution in [0.5, 0.6) is 11.5 Å². The van der Waals surface area contributed by atoms with Crippen molar-refractivity contribution in [2.45, 2.75) is 0 Å². The van der Waals surface area contributed by atoms with Crippen molar-refractivity contribution in [3.05, 3.63) is 121 Å². The highest BCUT2D eigenvalue weighted by Gasteiger charge is 2.27. The van der Waals surface area contributed by atoms with Crippen molar-refractivity contribution < 1.29 is 32.2 Å². The zero-order valence-corrected chi connectivity index (χ0v) is 18.4. The van der Waals surface area contributed by atoms with Crippen LogP contribution in [-0.4, -0.2) is 0 Å². The van der Waals surface area contributed by atoms with E-state index in [-0.39, 0.29) is 49.4 Å². The first-order valence-electron chi connectivity index (χ1n) is 21.2. The third-order valence-corrected chi connectivity index (χ3v) is 6.64. The van der Waals surface area contributed by atoms with E-state index in [4.69, 9.17) is 26.7 Å². The molecule has 9 rings (SSSR count). The lowest BCUT2D eigenvalue weighted by atomic mass is 9.86. The van der Waals surface area contributed by atoms with E-state index in [9.17, 15) is 5.48 Å².